The fourth-order valence-electron chi connectivity index (χ4n) is 10.1. The summed E-state index contributed by atoms with van der Waals surface area (Å²) in [6.07, 6.45) is 0. The summed E-state index contributed by atoms with van der Waals surface area (Å²) >= 11 is 0. The van der Waals surface area contributed by atoms with E-state index in [4.69, 9.17) is 23.8 Å². The minimum Gasteiger partial charge on any atom is -0.456 e. The zero-order chi connectivity index (χ0) is 42.6. The van der Waals surface area contributed by atoms with E-state index in [1.54, 1.807) is 0 Å². The maximum atomic E-state index is 6.69. The predicted molar refractivity (Wildman–Crippen MR) is 265 cm³/mol. The molecule has 4 aromatic heterocycles. The van der Waals surface area contributed by atoms with Gasteiger partial charge in [-0.1, -0.05) is 140 Å². The van der Waals surface area contributed by atoms with Crippen LogP contribution in [0.25, 0.3) is 138 Å². The molecule has 4 heterocycles. The normalized spacial score (nSPS) is 12.0. The van der Waals surface area contributed by atoms with Crippen LogP contribution in [-0.4, -0.2) is 19.5 Å². The fraction of sp³-hybridized carbons (Fsp3) is 0. The highest BCUT2D eigenvalue weighted by Crippen LogP contribution is 2.44. The number of hydrogen-bond acceptors (Lipinski definition) is 5. The van der Waals surface area contributed by atoms with Crippen molar-refractivity contribution in [2.45, 2.75) is 0 Å². The highest BCUT2D eigenvalue weighted by Gasteiger charge is 2.23. The van der Waals surface area contributed by atoms with Crippen LogP contribution in [0.15, 0.2) is 215 Å². The predicted octanol–water partition coefficient (Wildman–Crippen LogP) is 15.7. The van der Waals surface area contributed by atoms with Crippen molar-refractivity contribution < 1.29 is 8.83 Å². The number of nitrogens with zero attached hydrogens (tertiary/aromatic N) is 4. The number of hydrogen-bond donors (Lipinski definition) is 0. The first-order valence-electron chi connectivity index (χ1n) is 21.8. The third-order valence-corrected chi connectivity index (χ3v) is 13.0. The second-order valence-electron chi connectivity index (χ2n) is 16.7. The third kappa shape index (κ3) is 5.51. The van der Waals surface area contributed by atoms with E-state index < -0.39 is 0 Å². The molecule has 0 aliphatic heterocycles. The summed E-state index contributed by atoms with van der Waals surface area (Å²) in [7, 11) is 0. The van der Waals surface area contributed by atoms with Gasteiger partial charge in [0.05, 0.1) is 11.0 Å². The second-order valence-corrected chi connectivity index (χ2v) is 16.7. The molecule has 65 heavy (non-hydrogen) atoms. The van der Waals surface area contributed by atoms with Crippen molar-refractivity contribution in [3.8, 4) is 51.0 Å². The Morgan fingerprint density at radius 1 is 0.308 bits per heavy atom. The van der Waals surface area contributed by atoms with Gasteiger partial charge in [-0.15, -0.1) is 0 Å². The van der Waals surface area contributed by atoms with Gasteiger partial charge in [0.15, 0.2) is 17.5 Å². The number of para-hydroxylation sites is 2. The van der Waals surface area contributed by atoms with E-state index in [0.717, 1.165) is 99.2 Å². The molecule has 302 valence electrons. The highest BCUT2D eigenvalue weighted by atomic mass is 16.3. The summed E-state index contributed by atoms with van der Waals surface area (Å²) < 4.78 is 15.5. The van der Waals surface area contributed by atoms with Crippen LogP contribution in [0.3, 0.4) is 0 Å². The van der Waals surface area contributed by atoms with E-state index in [9.17, 15) is 0 Å². The summed E-state index contributed by atoms with van der Waals surface area (Å²) in [5.41, 5.74) is 11.2. The summed E-state index contributed by atoms with van der Waals surface area (Å²) in [5, 5.41) is 11.2. The molecule has 0 unspecified atom stereocenters. The minimum absolute atomic E-state index is 0.559. The molecule has 10 aromatic carbocycles. The lowest BCUT2D eigenvalue weighted by Gasteiger charge is -2.16. The molecule has 0 aliphatic rings. The highest BCUT2D eigenvalue weighted by molar-refractivity contribution is 6.18. The molecule has 0 amide bonds. The topological polar surface area (TPSA) is 69.9 Å². The molecule has 0 saturated heterocycles. The lowest BCUT2D eigenvalue weighted by atomic mass is 9.93. The zero-order valence-electron chi connectivity index (χ0n) is 34.7. The van der Waals surface area contributed by atoms with Crippen LogP contribution in [0.1, 0.15) is 0 Å². The summed E-state index contributed by atoms with van der Waals surface area (Å²) in [5.74, 6) is 1.70. The minimum atomic E-state index is 0.559. The first kappa shape index (κ1) is 35.7. The molecular formula is C59H34N4O2. The number of furan rings is 2. The summed E-state index contributed by atoms with van der Waals surface area (Å²) in [6, 6.07) is 72.2. The van der Waals surface area contributed by atoms with Crippen molar-refractivity contribution in [1.82, 2.24) is 19.5 Å². The van der Waals surface area contributed by atoms with Crippen molar-refractivity contribution in [3.63, 3.8) is 0 Å². The Morgan fingerprint density at radius 3 is 1.66 bits per heavy atom. The van der Waals surface area contributed by atoms with Crippen molar-refractivity contribution >= 4 is 87.2 Å². The Hall–Kier alpha value is -8.87. The maximum Gasteiger partial charge on any atom is 0.164 e. The molecule has 0 saturated carbocycles. The second kappa shape index (κ2) is 13.8. The van der Waals surface area contributed by atoms with E-state index in [1.807, 2.05) is 48.5 Å². The Labute approximate surface area is 371 Å². The Bertz CT molecular complexity index is 4250. The largest absolute Gasteiger partial charge is 0.456 e. The van der Waals surface area contributed by atoms with Gasteiger partial charge < -0.3 is 13.4 Å². The number of aromatic nitrogens is 4. The van der Waals surface area contributed by atoms with Crippen molar-refractivity contribution in [1.29, 1.82) is 0 Å². The average Bonchev–Trinajstić information content (AvgIpc) is 4.04. The lowest BCUT2D eigenvalue weighted by molar-refractivity contribution is 0.669. The summed E-state index contributed by atoms with van der Waals surface area (Å²) in [4.78, 5) is 16.0. The average molecular weight is 831 g/mol. The van der Waals surface area contributed by atoms with Gasteiger partial charge in [0.2, 0.25) is 0 Å². The van der Waals surface area contributed by atoms with Crippen molar-refractivity contribution in [2.24, 2.45) is 0 Å². The molecule has 14 aromatic rings. The molecule has 14 rings (SSSR count). The molecule has 0 bridgehead atoms. The molecular weight excluding hydrogens is 797 g/mol. The van der Waals surface area contributed by atoms with Crippen LogP contribution < -0.4 is 0 Å². The number of fused-ring (bicyclic) bond motifs is 11. The molecule has 0 aliphatic carbocycles. The quantitative estimate of drug-likeness (QED) is 0.173. The van der Waals surface area contributed by atoms with Crippen LogP contribution in [0.5, 0.6) is 0 Å². The van der Waals surface area contributed by atoms with E-state index in [1.165, 1.54) is 21.5 Å². The van der Waals surface area contributed by atoms with Crippen molar-refractivity contribution in [2.75, 3.05) is 0 Å². The Morgan fingerprint density at radius 2 is 0.877 bits per heavy atom. The standard InChI is InChI=1S/C59H34N4O2/c1-2-14-35(15-3-1)57-60-58(62-59(61-57)45-23-13-27-53-56(45)44-21-9-11-25-51(44)64-53)43-29-28-40(63-49-24-10-8-20-41(49)47-30-36-16-4-6-18-38(36)32-50(47)63)34-46(43)42-22-12-26-52-55(42)48-31-37-17-5-7-19-39(37)33-54(48)65-52/h1-34H. The number of rotatable bonds is 5. The van der Waals surface area contributed by atoms with Crippen LogP contribution in [0.4, 0.5) is 0 Å². The van der Waals surface area contributed by atoms with Gasteiger partial charge in [-0.05, 0) is 99.4 Å². The van der Waals surface area contributed by atoms with Crippen LogP contribution in [-0.2, 0) is 0 Å². The SMILES string of the molecule is c1ccc(-c2nc(-c3ccc(-n4c5ccccc5c5cc6ccccc6cc54)cc3-c3cccc4oc5cc6ccccc6cc5c34)nc(-c3cccc4oc5ccccc5c34)n2)cc1. The van der Waals surface area contributed by atoms with E-state index in [2.05, 4.69) is 162 Å². The fourth-order valence-corrected chi connectivity index (χ4v) is 10.1. The van der Waals surface area contributed by atoms with Gasteiger partial charge in [0.1, 0.15) is 22.3 Å². The van der Waals surface area contributed by atoms with Crippen LogP contribution in [0, 0.1) is 0 Å². The van der Waals surface area contributed by atoms with Gasteiger partial charge in [-0.2, -0.15) is 0 Å². The van der Waals surface area contributed by atoms with E-state index >= 15 is 0 Å². The number of benzene rings is 10. The van der Waals surface area contributed by atoms with Gasteiger partial charge in [0, 0.05) is 54.7 Å². The molecule has 6 nitrogen and oxygen atoms in total. The van der Waals surface area contributed by atoms with Gasteiger partial charge in [-0.25, -0.2) is 15.0 Å². The molecule has 0 radical (unpaired) electrons. The monoisotopic (exact) mass is 830 g/mol. The first-order chi connectivity index (χ1) is 32.2. The van der Waals surface area contributed by atoms with Gasteiger partial charge in [0.25, 0.3) is 0 Å². The zero-order valence-corrected chi connectivity index (χ0v) is 34.7. The molecule has 0 fully saturated rings. The lowest BCUT2D eigenvalue weighted by Crippen LogP contribution is -2.02. The van der Waals surface area contributed by atoms with Crippen LogP contribution >= 0.6 is 0 Å². The summed E-state index contributed by atoms with van der Waals surface area (Å²) in [6.45, 7) is 0. The smallest absolute Gasteiger partial charge is 0.164 e. The van der Waals surface area contributed by atoms with E-state index in [0.29, 0.717) is 17.5 Å². The molecule has 0 spiro atoms. The van der Waals surface area contributed by atoms with Gasteiger partial charge in [-0.3, -0.25) is 0 Å². The van der Waals surface area contributed by atoms with Gasteiger partial charge >= 0.3 is 0 Å². The first-order valence-corrected chi connectivity index (χ1v) is 21.8. The third-order valence-electron chi connectivity index (χ3n) is 13.0. The Balaban J connectivity index is 1.09. The molecule has 6 heteroatoms. The molecule has 0 atom stereocenters. The molecule has 0 N–H and O–H groups in total. The van der Waals surface area contributed by atoms with E-state index in [-0.39, 0.29) is 0 Å². The maximum absolute atomic E-state index is 6.69. The van der Waals surface area contributed by atoms with Crippen molar-refractivity contribution in [3.05, 3.63) is 206 Å². The van der Waals surface area contributed by atoms with Crippen LogP contribution in [0.2, 0.25) is 0 Å². The Kier molecular flexibility index (Phi) is 7.59.